The smallest absolute Gasteiger partial charge is 0.260 e. The predicted molar refractivity (Wildman–Crippen MR) is 85.9 cm³/mol. The van der Waals surface area contributed by atoms with E-state index in [0.717, 1.165) is 5.56 Å². The van der Waals surface area contributed by atoms with Crippen LogP contribution in [0.3, 0.4) is 0 Å². The molecule has 5 nitrogen and oxygen atoms in total. The zero-order chi connectivity index (χ0) is 16.3. The summed E-state index contributed by atoms with van der Waals surface area (Å²) in [4.78, 5) is 13.9. The van der Waals surface area contributed by atoms with Crippen molar-refractivity contribution >= 4 is 15.7 Å². The van der Waals surface area contributed by atoms with Gasteiger partial charge in [0.2, 0.25) is 0 Å². The molecule has 1 saturated heterocycles. The number of carbonyl (C=O) groups is 1. The van der Waals surface area contributed by atoms with Gasteiger partial charge in [0.1, 0.15) is 5.75 Å². The number of rotatable bonds is 5. The molecule has 1 fully saturated rings. The number of likely N-dealkylation sites (N-methyl/N-ethyl adjacent to an activating group) is 1. The minimum absolute atomic E-state index is 0.0626. The SMILES string of the molecule is CCN(C(=O)COc1ccc(C)c(C)c1)C1CCS(=O)(=O)C1. The Morgan fingerprint density at radius 1 is 1.32 bits per heavy atom. The molecule has 1 atom stereocenters. The molecule has 0 N–H and O–H groups in total. The summed E-state index contributed by atoms with van der Waals surface area (Å²) in [5.74, 6) is 0.727. The zero-order valence-electron chi connectivity index (χ0n) is 13.3. The molecule has 0 aromatic heterocycles. The van der Waals surface area contributed by atoms with Crippen LogP contribution < -0.4 is 4.74 Å². The van der Waals surface area contributed by atoms with Crippen LogP contribution in [-0.2, 0) is 14.6 Å². The maximum atomic E-state index is 12.3. The Balaban J connectivity index is 1.96. The fourth-order valence-corrected chi connectivity index (χ4v) is 4.42. The maximum absolute atomic E-state index is 12.3. The van der Waals surface area contributed by atoms with Gasteiger partial charge in [-0.3, -0.25) is 4.79 Å². The molecule has 1 heterocycles. The van der Waals surface area contributed by atoms with E-state index in [1.165, 1.54) is 5.56 Å². The van der Waals surface area contributed by atoms with Crippen molar-refractivity contribution in [2.24, 2.45) is 0 Å². The fourth-order valence-electron chi connectivity index (χ4n) is 2.69. The molecule has 122 valence electrons. The molecule has 1 unspecified atom stereocenters. The Bertz CT molecular complexity index is 654. The Hall–Kier alpha value is -1.56. The van der Waals surface area contributed by atoms with E-state index in [1.807, 2.05) is 39.0 Å². The Labute approximate surface area is 132 Å². The molecule has 22 heavy (non-hydrogen) atoms. The summed E-state index contributed by atoms with van der Waals surface area (Å²) in [6, 6.07) is 5.48. The molecule has 0 saturated carbocycles. The van der Waals surface area contributed by atoms with Crippen molar-refractivity contribution in [1.29, 1.82) is 0 Å². The summed E-state index contributed by atoms with van der Waals surface area (Å²) in [6.07, 6.45) is 0.519. The molecule has 0 radical (unpaired) electrons. The lowest BCUT2D eigenvalue weighted by Crippen LogP contribution is -2.43. The standard InChI is InChI=1S/C16H23NO4S/c1-4-17(14-7-8-22(19,20)11-14)16(18)10-21-15-6-5-12(2)13(3)9-15/h5-6,9,14H,4,7-8,10-11H2,1-3H3. The van der Waals surface area contributed by atoms with Gasteiger partial charge in [-0.05, 0) is 50.5 Å². The van der Waals surface area contributed by atoms with E-state index in [1.54, 1.807) is 4.90 Å². The molecule has 1 aromatic rings. The van der Waals surface area contributed by atoms with Gasteiger partial charge in [0, 0.05) is 12.6 Å². The van der Waals surface area contributed by atoms with Crippen LogP contribution in [0.4, 0.5) is 0 Å². The molecule has 1 aliphatic heterocycles. The van der Waals surface area contributed by atoms with E-state index in [-0.39, 0.29) is 30.1 Å². The Morgan fingerprint density at radius 2 is 2.05 bits per heavy atom. The van der Waals surface area contributed by atoms with E-state index >= 15 is 0 Å². The van der Waals surface area contributed by atoms with E-state index in [9.17, 15) is 13.2 Å². The lowest BCUT2D eigenvalue weighted by atomic mass is 10.1. The van der Waals surface area contributed by atoms with Crippen molar-refractivity contribution in [3.63, 3.8) is 0 Å². The first-order chi connectivity index (χ1) is 10.3. The third kappa shape index (κ3) is 4.00. The monoisotopic (exact) mass is 325 g/mol. The normalized spacial score (nSPS) is 19.9. The molecule has 6 heteroatoms. The molecular weight excluding hydrogens is 302 g/mol. The van der Waals surface area contributed by atoms with Gasteiger partial charge < -0.3 is 9.64 Å². The number of hydrogen-bond donors (Lipinski definition) is 0. The second kappa shape index (κ2) is 6.69. The highest BCUT2D eigenvalue weighted by Gasteiger charge is 2.33. The Morgan fingerprint density at radius 3 is 2.59 bits per heavy atom. The highest BCUT2D eigenvalue weighted by Crippen LogP contribution is 2.19. The number of aryl methyl sites for hydroxylation is 2. The van der Waals surface area contributed by atoms with Crippen molar-refractivity contribution in [1.82, 2.24) is 4.90 Å². The molecule has 1 amide bonds. The van der Waals surface area contributed by atoms with E-state index in [4.69, 9.17) is 4.74 Å². The summed E-state index contributed by atoms with van der Waals surface area (Å²) in [7, 11) is -3.00. The number of hydrogen-bond acceptors (Lipinski definition) is 4. The fraction of sp³-hybridized carbons (Fsp3) is 0.562. The average molecular weight is 325 g/mol. The van der Waals surface area contributed by atoms with Crippen molar-refractivity contribution in [2.45, 2.75) is 33.2 Å². The van der Waals surface area contributed by atoms with Gasteiger partial charge in [-0.15, -0.1) is 0 Å². The van der Waals surface area contributed by atoms with Gasteiger partial charge in [-0.1, -0.05) is 6.07 Å². The van der Waals surface area contributed by atoms with Crippen molar-refractivity contribution in [2.75, 3.05) is 24.7 Å². The number of benzene rings is 1. The number of sulfone groups is 1. The van der Waals surface area contributed by atoms with Crippen molar-refractivity contribution in [3.05, 3.63) is 29.3 Å². The first-order valence-electron chi connectivity index (χ1n) is 7.52. The largest absolute Gasteiger partial charge is 0.484 e. The van der Waals surface area contributed by atoms with Crippen LogP contribution in [0, 0.1) is 13.8 Å². The molecular formula is C16H23NO4S. The summed E-state index contributed by atoms with van der Waals surface area (Å²) < 4.78 is 28.7. The predicted octanol–water partition coefficient (Wildman–Crippen LogP) is 1.72. The highest BCUT2D eigenvalue weighted by molar-refractivity contribution is 7.91. The molecule has 0 aliphatic carbocycles. The third-order valence-electron chi connectivity index (χ3n) is 4.15. The topological polar surface area (TPSA) is 63.7 Å². The molecule has 1 aliphatic rings. The van der Waals surface area contributed by atoms with Gasteiger partial charge in [-0.2, -0.15) is 0 Å². The summed E-state index contributed by atoms with van der Waals surface area (Å²) in [5.41, 5.74) is 2.28. The maximum Gasteiger partial charge on any atom is 0.260 e. The second-order valence-corrected chi connectivity index (χ2v) is 8.00. The van der Waals surface area contributed by atoms with Crippen molar-refractivity contribution in [3.8, 4) is 5.75 Å². The lowest BCUT2D eigenvalue weighted by molar-refractivity contribution is -0.135. The van der Waals surface area contributed by atoms with Crippen LogP contribution in [0.1, 0.15) is 24.5 Å². The van der Waals surface area contributed by atoms with E-state index in [2.05, 4.69) is 0 Å². The first kappa shape index (κ1) is 16.8. The van der Waals surface area contributed by atoms with Gasteiger partial charge in [0.05, 0.1) is 11.5 Å². The summed E-state index contributed by atoms with van der Waals surface area (Å²) >= 11 is 0. The lowest BCUT2D eigenvalue weighted by Gasteiger charge is -2.26. The number of nitrogens with zero attached hydrogens (tertiary/aromatic N) is 1. The minimum Gasteiger partial charge on any atom is -0.484 e. The third-order valence-corrected chi connectivity index (χ3v) is 5.90. The summed E-state index contributed by atoms with van der Waals surface area (Å²) in [6.45, 7) is 6.30. The van der Waals surface area contributed by atoms with Crippen LogP contribution in [-0.4, -0.2) is 49.9 Å². The van der Waals surface area contributed by atoms with Crippen LogP contribution in [0.2, 0.25) is 0 Å². The summed E-state index contributed by atoms with van der Waals surface area (Å²) in [5, 5.41) is 0. The van der Waals surface area contributed by atoms with E-state index < -0.39 is 9.84 Å². The second-order valence-electron chi connectivity index (χ2n) is 5.77. The van der Waals surface area contributed by atoms with Crippen LogP contribution in [0.5, 0.6) is 5.75 Å². The molecule has 1 aromatic carbocycles. The van der Waals surface area contributed by atoms with Crippen LogP contribution >= 0.6 is 0 Å². The zero-order valence-corrected chi connectivity index (χ0v) is 14.1. The number of ether oxygens (including phenoxy) is 1. The van der Waals surface area contributed by atoms with Gasteiger partial charge in [-0.25, -0.2) is 8.42 Å². The van der Waals surface area contributed by atoms with Crippen LogP contribution in [0.25, 0.3) is 0 Å². The average Bonchev–Trinajstić information content (AvgIpc) is 2.81. The molecule has 2 rings (SSSR count). The Kier molecular flexibility index (Phi) is 5.11. The highest BCUT2D eigenvalue weighted by atomic mass is 32.2. The first-order valence-corrected chi connectivity index (χ1v) is 9.34. The van der Waals surface area contributed by atoms with Gasteiger partial charge in [0.15, 0.2) is 16.4 Å². The van der Waals surface area contributed by atoms with Crippen molar-refractivity contribution < 1.29 is 17.9 Å². The quantitative estimate of drug-likeness (QED) is 0.827. The van der Waals surface area contributed by atoms with Gasteiger partial charge in [0.25, 0.3) is 5.91 Å². The van der Waals surface area contributed by atoms with E-state index in [0.29, 0.717) is 18.7 Å². The molecule has 0 spiro atoms. The van der Waals surface area contributed by atoms with Gasteiger partial charge >= 0.3 is 0 Å². The number of amides is 1. The van der Waals surface area contributed by atoms with Crippen LogP contribution in [0.15, 0.2) is 18.2 Å². The number of carbonyl (C=O) groups excluding carboxylic acids is 1. The molecule has 0 bridgehead atoms. The minimum atomic E-state index is -3.00.